The Labute approximate surface area is 102 Å². The van der Waals surface area contributed by atoms with Crippen molar-refractivity contribution in [2.45, 2.75) is 13.0 Å². The van der Waals surface area contributed by atoms with Crippen LogP contribution in [0, 0.1) is 5.82 Å². The van der Waals surface area contributed by atoms with Crippen molar-refractivity contribution in [2.24, 2.45) is 0 Å². The first-order chi connectivity index (χ1) is 8.66. The summed E-state index contributed by atoms with van der Waals surface area (Å²) in [6, 6.07) is 4.06. The number of carboxylic acids is 1. The maximum absolute atomic E-state index is 13.3. The van der Waals surface area contributed by atoms with Gasteiger partial charge in [0, 0.05) is 36.2 Å². The topological polar surface area (TPSA) is 62.2 Å². The lowest BCUT2D eigenvalue weighted by molar-refractivity contribution is 0.0697. The summed E-state index contributed by atoms with van der Waals surface area (Å²) in [7, 11) is 0. The van der Waals surface area contributed by atoms with Crippen molar-refractivity contribution < 1.29 is 14.3 Å². The van der Waals surface area contributed by atoms with E-state index in [1.807, 2.05) is 0 Å². The number of aromatic nitrogens is 1. The molecular weight excluding hydrogens is 235 g/mol. The Bertz CT molecular complexity index is 655. The number of pyridine rings is 1. The molecule has 1 aliphatic heterocycles. The lowest BCUT2D eigenvalue weighted by atomic mass is 9.97. The molecule has 0 fully saturated rings. The Balaban J connectivity index is 2.41. The summed E-state index contributed by atoms with van der Waals surface area (Å²) in [5, 5.41) is 12.8. The van der Waals surface area contributed by atoms with Crippen LogP contribution in [-0.2, 0) is 13.0 Å². The number of carbonyl (C=O) groups is 1. The number of carboxylic acid groups (broad SMARTS) is 1. The molecule has 0 unspecified atom stereocenters. The molecule has 5 heteroatoms. The van der Waals surface area contributed by atoms with E-state index in [-0.39, 0.29) is 5.56 Å². The molecule has 1 aliphatic rings. The van der Waals surface area contributed by atoms with Crippen LogP contribution in [0.1, 0.15) is 21.6 Å². The number of nitrogens with zero attached hydrogens (tertiary/aromatic N) is 1. The molecule has 1 aromatic heterocycles. The number of halogens is 1. The SMILES string of the molecule is O=C(O)c1c2c(nc3ccc(F)cc13)CCNC2. The van der Waals surface area contributed by atoms with Gasteiger partial charge < -0.3 is 10.4 Å². The van der Waals surface area contributed by atoms with E-state index < -0.39 is 11.8 Å². The normalized spacial score (nSPS) is 14.5. The number of rotatable bonds is 1. The average Bonchev–Trinajstić information content (AvgIpc) is 2.35. The number of aromatic carboxylic acids is 1. The van der Waals surface area contributed by atoms with Crippen LogP contribution in [0.5, 0.6) is 0 Å². The highest BCUT2D eigenvalue weighted by atomic mass is 19.1. The summed E-state index contributed by atoms with van der Waals surface area (Å²) < 4.78 is 13.3. The fourth-order valence-electron chi connectivity index (χ4n) is 2.39. The molecule has 0 amide bonds. The van der Waals surface area contributed by atoms with E-state index in [1.54, 1.807) is 0 Å². The maximum Gasteiger partial charge on any atom is 0.336 e. The van der Waals surface area contributed by atoms with Crippen molar-refractivity contribution >= 4 is 16.9 Å². The predicted molar refractivity (Wildman–Crippen MR) is 64.1 cm³/mol. The van der Waals surface area contributed by atoms with Gasteiger partial charge in [0.25, 0.3) is 0 Å². The highest BCUT2D eigenvalue weighted by molar-refractivity contribution is 6.04. The minimum Gasteiger partial charge on any atom is -0.478 e. The largest absolute Gasteiger partial charge is 0.478 e. The standard InChI is InChI=1S/C13H11FN2O2/c14-7-1-2-10-8(5-7)12(13(17)18)9-6-15-4-3-11(9)16-10/h1-2,5,15H,3-4,6H2,(H,17,18). The van der Waals surface area contributed by atoms with Crippen LogP contribution in [0.3, 0.4) is 0 Å². The second-order valence-corrected chi connectivity index (χ2v) is 4.31. The third-order valence-corrected chi connectivity index (χ3v) is 3.19. The van der Waals surface area contributed by atoms with Crippen molar-refractivity contribution in [3.05, 3.63) is 40.8 Å². The minimum absolute atomic E-state index is 0.168. The van der Waals surface area contributed by atoms with Gasteiger partial charge in [0.05, 0.1) is 11.1 Å². The first-order valence-corrected chi connectivity index (χ1v) is 5.72. The summed E-state index contributed by atoms with van der Waals surface area (Å²) in [5.41, 5.74) is 2.17. The molecule has 18 heavy (non-hydrogen) atoms. The van der Waals surface area contributed by atoms with Crippen LogP contribution >= 0.6 is 0 Å². The molecule has 1 aromatic carbocycles. The van der Waals surface area contributed by atoms with Crippen LogP contribution in [0.4, 0.5) is 4.39 Å². The molecule has 0 bridgehead atoms. The highest BCUT2D eigenvalue weighted by Crippen LogP contribution is 2.26. The van der Waals surface area contributed by atoms with Crippen LogP contribution in [0.2, 0.25) is 0 Å². The maximum atomic E-state index is 13.3. The van der Waals surface area contributed by atoms with Crippen LogP contribution < -0.4 is 5.32 Å². The lowest BCUT2D eigenvalue weighted by Gasteiger charge is -2.19. The Morgan fingerprint density at radius 3 is 3.06 bits per heavy atom. The van der Waals surface area contributed by atoms with Gasteiger partial charge in [-0.3, -0.25) is 4.98 Å². The first kappa shape index (κ1) is 11.1. The van der Waals surface area contributed by atoms with Gasteiger partial charge in [-0.2, -0.15) is 0 Å². The van der Waals surface area contributed by atoms with Crippen molar-refractivity contribution in [1.82, 2.24) is 10.3 Å². The van der Waals surface area contributed by atoms with E-state index in [0.29, 0.717) is 29.4 Å². The lowest BCUT2D eigenvalue weighted by Crippen LogP contribution is -2.27. The molecule has 92 valence electrons. The van der Waals surface area contributed by atoms with Gasteiger partial charge in [0.1, 0.15) is 5.82 Å². The van der Waals surface area contributed by atoms with Gasteiger partial charge in [-0.25, -0.2) is 9.18 Å². The van der Waals surface area contributed by atoms with E-state index in [4.69, 9.17) is 0 Å². The van der Waals surface area contributed by atoms with Gasteiger partial charge in [0.15, 0.2) is 0 Å². The number of benzene rings is 1. The van der Waals surface area contributed by atoms with E-state index in [0.717, 1.165) is 12.2 Å². The molecule has 2 heterocycles. The Kier molecular flexibility index (Phi) is 2.48. The molecule has 2 aromatic rings. The molecule has 2 N–H and O–H groups in total. The summed E-state index contributed by atoms with van der Waals surface area (Å²) in [6.45, 7) is 1.25. The van der Waals surface area contributed by atoms with Gasteiger partial charge in [0.2, 0.25) is 0 Å². The van der Waals surface area contributed by atoms with Gasteiger partial charge in [-0.05, 0) is 18.2 Å². The Morgan fingerprint density at radius 1 is 1.44 bits per heavy atom. The van der Waals surface area contributed by atoms with Crippen molar-refractivity contribution in [3.63, 3.8) is 0 Å². The van der Waals surface area contributed by atoms with Gasteiger partial charge in [-0.1, -0.05) is 0 Å². The third kappa shape index (κ3) is 1.64. The highest BCUT2D eigenvalue weighted by Gasteiger charge is 2.22. The van der Waals surface area contributed by atoms with Crippen molar-refractivity contribution in [2.75, 3.05) is 6.54 Å². The van der Waals surface area contributed by atoms with Crippen molar-refractivity contribution in [1.29, 1.82) is 0 Å². The number of nitrogens with one attached hydrogen (secondary N) is 1. The second-order valence-electron chi connectivity index (χ2n) is 4.31. The van der Waals surface area contributed by atoms with Crippen LogP contribution in [0.15, 0.2) is 18.2 Å². The van der Waals surface area contributed by atoms with Crippen molar-refractivity contribution in [3.8, 4) is 0 Å². The molecular formula is C13H11FN2O2. The smallest absolute Gasteiger partial charge is 0.336 e. The molecule has 4 nitrogen and oxygen atoms in total. The predicted octanol–water partition coefficient (Wildman–Crippen LogP) is 1.72. The summed E-state index contributed by atoms with van der Waals surface area (Å²) >= 11 is 0. The molecule has 0 atom stereocenters. The number of fused-ring (bicyclic) bond motifs is 2. The Morgan fingerprint density at radius 2 is 2.28 bits per heavy atom. The summed E-state index contributed by atoms with van der Waals surface area (Å²) in [6.07, 6.45) is 0.697. The molecule has 0 radical (unpaired) electrons. The molecule has 0 spiro atoms. The molecule has 0 saturated carbocycles. The fraction of sp³-hybridized carbons (Fsp3) is 0.231. The average molecular weight is 246 g/mol. The number of hydrogen-bond acceptors (Lipinski definition) is 3. The van der Waals surface area contributed by atoms with Crippen LogP contribution in [0.25, 0.3) is 10.9 Å². The van der Waals surface area contributed by atoms with E-state index in [9.17, 15) is 14.3 Å². The third-order valence-electron chi connectivity index (χ3n) is 3.19. The fourth-order valence-corrected chi connectivity index (χ4v) is 2.39. The second kappa shape index (κ2) is 4.03. The Hall–Kier alpha value is -2.01. The zero-order valence-electron chi connectivity index (χ0n) is 9.53. The van der Waals surface area contributed by atoms with Gasteiger partial charge >= 0.3 is 5.97 Å². The zero-order chi connectivity index (χ0) is 12.7. The quantitative estimate of drug-likeness (QED) is 0.804. The summed E-state index contributed by atoms with van der Waals surface area (Å²) in [5.74, 6) is -1.48. The molecule has 0 saturated heterocycles. The van der Waals surface area contributed by atoms with Gasteiger partial charge in [-0.15, -0.1) is 0 Å². The van der Waals surface area contributed by atoms with Crippen LogP contribution in [-0.4, -0.2) is 22.6 Å². The summed E-state index contributed by atoms with van der Waals surface area (Å²) in [4.78, 5) is 15.9. The monoisotopic (exact) mass is 246 g/mol. The van der Waals surface area contributed by atoms with E-state index >= 15 is 0 Å². The molecule has 0 aliphatic carbocycles. The number of hydrogen-bond donors (Lipinski definition) is 2. The first-order valence-electron chi connectivity index (χ1n) is 5.72. The minimum atomic E-state index is -1.03. The van der Waals surface area contributed by atoms with E-state index in [2.05, 4.69) is 10.3 Å². The zero-order valence-corrected chi connectivity index (χ0v) is 9.53. The molecule has 3 rings (SSSR count). The van der Waals surface area contributed by atoms with E-state index in [1.165, 1.54) is 18.2 Å².